The first-order chi connectivity index (χ1) is 8.09. The number of carbonyl (C=O) groups is 1. The minimum Gasteiger partial charge on any atom is -0.372 e. The molecule has 1 aliphatic rings. The number of carbonyl (C=O) groups excluding carboxylic acids is 1. The normalized spacial score (nSPS) is 18.5. The summed E-state index contributed by atoms with van der Waals surface area (Å²) < 4.78 is 0.00805. The lowest BCUT2D eigenvalue weighted by atomic mass is 10.1. The molecule has 1 aromatic carbocycles. The van der Waals surface area contributed by atoms with Crippen LogP contribution in [0.2, 0.25) is 0 Å². The van der Waals surface area contributed by atoms with Crippen molar-refractivity contribution in [3.63, 3.8) is 0 Å². The Labute approximate surface area is 106 Å². The molecule has 0 aliphatic heterocycles. The topological polar surface area (TPSA) is 55.1 Å². The monoisotopic (exact) mass is 250 g/mol. The Kier molecular flexibility index (Phi) is 3.33. The molecule has 0 saturated heterocycles. The van der Waals surface area contributed by atoms with Crippen molar-refractivity contribution in [1.82, 2.24) is 0 Å². The number of nitrogens with two attached hydrogens (primary N) is 1. The Morgan fingerprint density at radius 3 is 2.59 bits per heavy atom. The van der Waals surface area contributed by atoms with Crippen LogP contribution in [-0.4, -0.2) is 23.0 Å². The molecule has 0 spiro atoms. The zero-order valence-electron chi connectivity index (χ0n) is 10.2. The van der Waals surface area contributed by atoms with Crippen molar-refractivity contribution in [2.45, 2.75) is 30.6 Å². The summed E-state index contributed by atoms with van der Waals surface area (Å²) in [6.45, 7) is 2.03. The molecule has 92 valence electrons. The summed E-state index contributed by atoms with van der Waals surface area (Å²) >= 11 is 1.74. The minimum atomic E-state index is -0.279. The van der Waals surface area contributed by atoms with Crippen LogP contribution in [-0.2, 0) is 4.79 Å². The minimum absolute atomic E-state index is 0.00805. The Morgan fingerprint density at radius 2 is 2.12 bits per heavy atom. The van der Waals surface area contributed by atoms with E-state index in [2.05, 4.69) is 5.32 Å². The highest BCUT2D eigenvalue weighted by Gasteiger charge is 2.51. The molecule has 0 aromatic heterocycles. The summed E-state index contributed by atoms with van der Waals surface area (Å²) in [4.78, 5) is 11.6. The maximum absolute atomic E-state index is 11.6. The molecule has 3 nitrogen and oxygen atoms in total. The van der Waals surface area contributed by atoms with Crippen LogP contribution in [0, 0.1) is 6.92 Å². The van der Waals surface area contributed by atoms with Gasteiger partial charge in [-0.25, -0.2) is 0 Å². The highest BCUT2D eigenvalue weighted by molar-refractivity contribution is 8.00. The van der Waals surface area contributed by atoms with Crippen LogP contribution in [0.5, 0.6) is 0 Å². The molecule has 2 rings (SSSR count). The van der Waals surface area contributed by atoms with Gasteiger partial charge in [0.05, 0.1) is 0 Å². The number of hydrogen-bond donors (Lipinski definition) is 2. The number of anilines is 1. The number of thioether (sulfide) groups is 1. The third kappa shape index (κ3) is 2.41. The van der Waals surface area contributed by atoms with E-state index >= 15 is 0 Å². The van der Waals surface area contributed by atoms with Gasteiger partial charge in [-0.15, -0.1) is 0 Å². The summed E-state index contributed by atoms with van der Waals surface area (Å²) in [5.74, 6) is -0.264. The van der Waals surface area contributed by atoms with Crippen LogP contribution in [0.1, 0.15) is 18.4 Å². The number of rotatable bonds is 5. The molecular formula is C13H18N2OS. The second-order valence-corrected chi connectivity index (χ2v) is 5.78. The first-order valence-corrected chi connectivity index (χ1v) is 6.98. The van der Waals surface area contributed by atoms with Gasteiger partial charge in [0, 0.05) is 10.4 Å². The van der Waals surface area contributed by atoms with Crippen molar-refractivity contribution in [3.8, 4) is 0 Å². The van der Waals surface area contributed by atoms with Gasteiger partial charge < -0.3 is 11.1 Å². The van der Waals surface area contributed by atoms with Crippen molar-refractivity contribution < 1.29 is 4.79 Å². The standard InChI is InChI=1S/C13H18N2OS/c1-9-5-3-4-6-10(9)15-11(12(14)16)13(17-2)7-8-13/h3-6,11,15H,7-8H2,1-2H3,(H2,14,16). The lowest BCUT2D eigenvalue weighted by molar-refractivity contribution is -0.118. The predicted octanol–water partition coefficient (Wildman–Crippen LogP) is 2.16. The van der Waals surface area contributed by atoms with Crippen molar-refractivity contribution in [1.29, 1.82) is 0 Å². The zero-order chi connectivity index (χ0) is 12.5. The van der Waals surface area contributed by atoms with Gasteiger partial charge in [0.1, 0.15) is 6.04 Å². The summed E-state index contributed by atoms with van der Waals surface area (Å²) in [5, 5.41) is 3.31. The molecule has 1 unspecified atom stereocenters. The summed E-state index contributed by atoms with van der Waals surface area (Å²) in [5.41, 5.74) is 7.65. The lowest BCUT2D eigenvalue weighted by Crippen LogP contribution is -2.44. The fourth-order valence-electron chi connectivity index (χ4n) is 2.09. The summed E-state index contributed by atoms with van der Waals surface area (Å²) in [7, 11) is 0. The molecule has 0 bridgehead atoms. The molecule has 17 heavy (non-hydrogen) atoms. The number of aryl methyl sites for hydroxylation is 1. The molecule has 0 radical (unpaired) electrons. The third-order valence-electron chi connectivity index (χ3n) is 3.40. The van der Waals surface area contributed by atoms with Gasteiger partial charge in [-0.05, 0) is 37.7 Å². The van der Waals surface area contributed by atoms with E-state index in [9.17, 15) is 4.79 Å². The molecule has 0 heterocycles. The molecular weight excluding hydrogens is 232 g/mol. The highest BCUT2D eigenvalue weighted by Crippen LogP contribution is 2.50. The fourth-order valence-corrected chi connectivity index (χ4v) is 3.01. The smallest absolute Gasteiger partial charge is 0.241 e. The number of para-hydroxylation sites is 1. The van der Waals surface area contributed by atoms with Crippen molar-refractivity contribution in [2.24, 2.45) is 5.73 Å². The maximum Gasteiger partial charge on any atom is 0.241 e. The summed E-state index contributed by atoms with van der Waals surface area (Å²) in [6.07, 6.45) is 4.16. The van der Waals surface area contributed by atoms with Gasteiger partial charge in [-0.2, -0.15) is 11.8 Å². The first-order valence-electron chi connectivity index (χ1n) is 5.76. The third-order valence-corrected chi connectivity index (χ3v) is 4.86. The van der Waals surface area contributed by atoms with Gasteiger partial charge in [-0.1, -0.05) is 18.2 Å². The van der Waals surface area contributed by atoms with Gasteiger partial charge in [0.25, 0.3) is 0 Å². The molecule has 1 saturated carbocycles. The largest absolute Gasteiger partial charge is 0.372 e. The summed E-state index contributed by atoms with van der Waals surface area (Å²) in [6, 6.07) is 7.69. The van der Waals surface area contributed by atoms with E-state index in [-0.39, 0.29) is 16.7 Å². The van der Waals surface area contributed by atoms with E-state index in [0.717, 1.165) is 24.1 Å². The number of nitrogens with one attached hydrogen (secondary N) is 1. The molecule has 1 fully saturated rings. The van der Waals surface area contributed by atoms with Crippen LogP contribution in [0.25, 0.3) is 0 Å². The molecule has 1 amide bonds. The Bertz CT molecular complexity index is 429. The van der Waals surface area contributed by atoms with Crippen LogP contribution in [0.3, 0.4) is 0 Å². The number of benzene rings is 1. The van der Waals surface area contributed by atoms with Gasteiger partial charge in [0.2, 0.25) is 5.91 Å². The fraction of sp³-hybridized carbons (Fsp3) is 0.462. The van der Waals surface area contributed by atoms with Crippen molar-refractivity contribution in [2.75, 3.05) is 11.6 Å². The molecule has 1 aromatic rings. The van der Waals surface area contributed by atoms with E-state index in [1.54, 1.807) is 11.8 Å². The van der Waals surface area contributed by atoms with E-state index in [1.165, 1.54) is 0 Å². The number of hydrogen-bond acceptors (Lipinski definition) is 3. The maximum atomic E-state index is 11.6. The van der Waals surface area contributed by atoms with E-state index in [0.29, 0.717) is 0 Å². The van der Waals surface area contributed by atoms with Gasteiger partial charge in [-0.3, -0.25) is 4.79 Å². The van der Waals surface area contributed by atoms with Gasteiger partial charge >= 0.3 is 0 Å². The average molecular weight is 250 g/mol. The van der Waals surface area contributed by atoms with Gasteiger partial charge in [0.15, 0.2) is 0 Å². The Hall–Kier alpha value is -1.16. The molecule has 1 atom stereocenters. The van der Waals surface area contributed by atoms with Crippen molar-refractivity contribution in [3.05, 3.63) is 29.8 Å². The predicted molar refractivity (Wildman–Crippen MR) is 73.3 cm³/mol. The van der Waals surface area contributed by atoms with Crippen LogP contribution in [0.15, 0.2) is 24.3 Å². The van der Waals surface area contributed by atoms with Crippen LogP contribution in [0.4, 0.5) is 5.69 Å². The molecule has 4 heteroatoms. The molecule has 1 aliphatic carbocycles. The Balaban J connectivity index is 2.20. The first kappa shape index (κ1) is 12.3. The van der Waals surface area contributed by atoms with E-state index in [4.69, 9.17) is 5.73 Å². The number of amides is 1. The number of primary amides is 1. The second kappa shape index (κ2) is 4.61. The zero-order valence-corrected chi connectivity index (χ0v) is 11.0. The quantitative estimate of drug-likeness (QED) is 0.842. The highest BCUT2D eigenvalue weighted by atomic mass is 32.2. The second-order valence-electron chi connectivity index (χ2n) is 4.56. The van der Waals surface area contributed by atoms with Crippen LogP contribution >= 0.6 is 11.8 Å². The molecule has 3 N–H and O–H groups in total. The van der Waals surface area contributed by atoms with E-state index < -0.39 is 0 Å². The van der Waals surface area contributed by atoms with Crippen molar-refractivity contribution >= 4 is 23.4 Å². The van der Waals surface area contributed by atoms with Crippen LogP contribution < -0.4 is 11.1 Å². The lowest BCUT2D eigenvalue weighted by Gasteiger charge is -2.25. The average Bonchev–Trinajstić information content (AvgIpc) is 3.08. The SMILES string of the molecule is CSC1(C(Nc2ccccc2C)C(N)=O)CC1. The van der Waals surface area contributed by atoms with E-state index in [1.807, 2.05) is 37.4 Å². The Morgan fingerprint density at radius 1 is 1.47 bits per heavy atom.